The Morgan fingerprint density at radius 3 is 2.94 bits per heavy atom. The Hall–Kier alpha value is -1.09. The van der Waals surface area contributed by atoms with Gasteiger partial charge in [-0.1, -0.05) is 12.1 Å². The summed E-state index contributed by atoms with van der Waals surface area (Å²) in [5.74, 6) is -0.106. The van der Waals surface area contributed by atoms with Crippen molar-refractivity contribution in [2.24, 2.45) is 0 Å². The third kappa shape index (κ3) is 3.19. The van der Waals surface area contributed by atoms with Crippen LogP contribution in [0.1, 0.15) is 24.8 Å². The molecule has 1 heterocycles. The highest BCUT2D eigenvalue weighted by Crippen LogP contribution is 2.21. The van der Waals surface area contributed by atoms with Gasteiger partial charge in [-0.2, -0.15) is 0 Å². The van der Waals surface area contributed by atoms with Gasteiger partial charge in [-0.25, -0.2) is 4.39 Å². The zero-order valence-corrected chi connectivity index (χ0v) is 10.7. The molecule has 0 bridgehead atoms. The van der Waals surface area contributed by atoms with Crippen molar-refractivity contribution >= 4 is 5.69 Å². The van der Waals surface area contributed by atoms with Crippen molar-refractivity contribution in [3.8, 4) is 0 Å². The summed E-state index contributed by atoms with van der Waals surface area (Å²) in [5.41, 5.74) is 1.36. The number of rotatable bonds is 2. The lowest BCUT2D eigenvalue weighted by molar-refractivity contribution is 0.348. The smallest absolute Gasteiger partial charge is 0.149 e. The molecule has 1 unspecified atom stereocenters. The zero-order chi connectivity index (χ0) is 12.3. The number of benzene rings is 1. The van der Waals surface area contributed by atoms with Crippen LogP contribution in [0.15, 0.2) is 18.2 Å². The first-order chi connectivity index (χ1) is 8.16. The predicted molar refractivity (Wildman–Crippen MR) is 69.9 cm³/mol. The molecule has 0 saturated carbocycles. The fraction of sp³-hybridized carbons (Fsp3) is 0.571. The number of nitrogens with zero attached hydrogens (tertiary/aromatic N) is 1. The molecule has 1 N–H and O–H groups in total. The van der Waals surface area contributed by atoms with Crippen LogP contribution in [0.2, 0.25) is 0 Å². The SMILES string of the molecule is Cc1cccc(NC2CCCN(C)CC2)c1F. The van der Waals surface area contributed by atoms with Crippen molar-refractivity contribution in [3.63, 3.8) is 0 Å². The van der Waals surface area contributed by atoms with E-state index in [-0.39, 0.29) is 5.82 Å². The van der Waals surface area contributed by atoms with Gasteiger partial charge in [-0.05, 0) is 58.0 Å². The molecule has 0 amide bonds. The van der Waals surface area contributed by atoms with Gasteiger partial charge in [0, 0.05) is 6.04 Å². The zero-order valence-electron chi connectivity index (χ0n) is 10.7. The third-order valence-corrected chi connectivity index (χ3v) is 3.50. The summed E-state index contributed by atoms with van der Waals surface area (Å²) >= 11 is 0. The number of halogens is 1. The monoisotopic (exact) mass is 236 g/mol. The quantitative estimate of drug-likeness (QED) is 0.849. The van der Waals surface area contributed by atoms with Gasteiger partial charge in [0.15, 0.2) is 0 Å². The molecule has 2 rings (SSSR count). The maximum Gasteiger partial charge on any atom is 0.149 e. The molecule has 17 heavy (non-hydrogen) atoms. The van der Waals surface area contributed by atoms with Gasteiger partial charge in [0.05, 0.1) is 5.69 Å². The summed E-state index contributed by atoms with van der Waals surface area (Å²) in [5, 5.41) is 3.35. The summed E-state index contributed by atoms with van der Waals surface area (Å²) in [6.45, 7) is 4.04. The van der Waals surface area contributed by atoms with Crippen molar-refractivity contribution in [2.75, 3.05) is 25.5 Å². The standard InChI is InChI=1S/C14H21FN2/c1-11-5-3-7-13(14(11)15)16-12-6-4-9-17(2)10-8-12/h3,5,7,12,16H,4,6,8-10H2,1-2H3. The third-order valence-electron chi connectivity index (χ3n) is 3.50. The minimum atomic E-state index is -0.106. The van der Waals surface area contributed by atoms with Crippen molar-refractivity contribution in [3.05, 3.63) is 29.6 Å². The van der Waals surface area contributed by atoms with Crippen molar-refractivity contribution in [2.45, 2.75) is 32.2 Å². The molecule has 1 saturated heterocycles. The molecule has 1 aromatic rings. The highest BCUT2D eigenvalue weighted by Gasteiger charge is 2.16. The summed E-state index contributed by atoms with van der Waals surface area (Å²) in [4.78, 5) is 2.34. The van der Waals surface area contributed by atoms with Crippen LogP contribution in [0.3, 0.4) is 0 Å². The second-order valence-corrected chi connectivity index (χ2v) is 5.01. The molecule has 2 nitrogen and oxygen atoms in total. The van der Waals surface area contributed by atoms with E-state index in [0.717, 1.165) is 25.9 Å². The van der Waals surface area contributed by atoms with Gasteiger partial charge >= 0.3 is 0 Å². The van der Waals surface area contributed by atoms with Crippen LogP contribution in [0, 0.1) is 12.7 Å². The molecular formula is C14H21FN2. The molecule has 1 aromatic carbocycles. The average molecular weight is 236 g/mol. The number of nitrogens with one attached hydrogen (secondary N) is 1. The second-order valence-electron chi connectivity index (χ2n) is 5.01. The molecule has 1 fully saturated rings. The maximum absolute atomic E-state index is 13.9. The van der Waals surface area contributed by atoms with Crippen LogP contribution in [0.4, 0.5) is 10.1 Å². The molecule has 94 valence electrons. The Kier molecular flexibility index (Phi) is 4.00. The summed E-state index contributed by atoms with van der Waals surface area (Å²) < 4.78 is 13.9. The lowest BCUT2D eigenvalue weighted by atomic mass is 10.1. The van der Waals surface area contributed by atoms with Crippen LogP contribution in [-0.4, -0.2) is 31.1 Å². The fourth-order valence-corrected chi connectivity index (χ4v) is 2.36. The molecule has 0 aliphatic carbocycles. The van der Waals surface area contributed by atoms with Crippen LogP contribution in [-0.2, 0) is 0 Å². The van der Waals surface area contributed by atoms with Crippen LogP contribution in [0.25, 0.3) is 0 Å². The summed E-state index contributed by atoms with van der Waals surface area (Å²) in [7, 11) is 2.15. The van der Waals surface area contributed by atoms with Gasteiger partial charge in [0.25, 0.3) is 0 Å². The van der Waals surface area contributed by atoms with E-state index in [4.69, 9.17) is 0 Å². The normalized spacial score (nSPS) is 22.2. The van der Waals surface area contributed by atoms with Crippen LogP contribution < -0.4 is 5.32 Å². The number of hydrogen-bond donors (Lipinski definition) is 1. The first-order valence-corrected chi connectivity index (χ1v) is 6.37. The van der Waals surface area contributed by atoms with Crippen molar-refractivity contribution in [1.29, 1.82) is 0 Å². The molecule has 0 radical (unpaired) electrons. The van der Waals surface area contributed by atoms with E-state index in [1.54, 1.807) is 13.0 Å². The predicted octanol–water partition coefficient (Wildman–Crippen LogP) is 3.03. The van der Waals surface area contributed by atoms with Gasteiger partial charge < -0.3 is 10.2 Å². The number of hydrogen-bond acceptors (Lipinski definition) is 2. The maximum atomic E-state index is 13.9. The molecular weight excluding hydrogens is 215 g/mol. The number of aryl methyl sites for hydroxylation is 1. The highest BCUT2D eigenvalue weighted by atomic mass is 19.1. The number of anilines is 1. The Balaban J connectivity index is 2.02. The van der Waals surface area contributed by atoms with Crippen LogP contribution >= 0.6 is 0 Å². The van der Waals surface area contributed by atoms with Crippen molar-refractivity contribution in [1.82, 2.24) is 4.90 Å². The Morgan fingerprint density at radius 1 is 1.29 bits per heavy atom. The van der Waals surface area contributed by atoms with Gasteiger partial charge in [0.1, 0.15) is 5.82 Å². The van der Waals surface area contributed by atoms with Gasteiger partial charge in [-0.3, -0.25) is 0 Å². The summed E-state index contributed by atoms with van der Waals surface area (Å²) in [6, 6.07) is 5.94. The average Bonchev–Trinajstić information content (AvgIpc) is 2.50. The van der Waals surface area contributed by atoms with Gasteiger partial charge in [0.2, 0.25) is 0 Å². The Bertz CT molecular complexity index is 378. The topological polar surface area (TPSA) is 15.3 Å². The highest BCUT2D eigenvalue weighted by molar-refractivity contribution is 5.48. The van der Waals surface area contributed by atoms with E-state index in [2.05, 4.69) is 17.3 Å². The van der Waals surface area contributed by atoms with Crippen LogP contribution in [0.5, 0.6) is 0 Å². The van der Waals surface area contributed by atoms with E-state index in [9.17, 15) is 4.39 Å². The second kappa shape index (κ2) is 5.50. The van der Waals surface area contributed by atoms with E-state index >= 15 is 0 Å². The Labute approximate surface area is 103 Å². The number of likely N-dealkylation sites (tertiary alicyclic amines) is 1. The van der Waals surface area contributed by atoms with Crippen molar-refractivity contribution < 1.29 is 4.39 Å². The van der Waals surface area contributed by atoms with E-state index in [1.165, 1.54) is 6.42 Å². The first-order valence-electron chi connectivity index (χ1n) is 6.37. The van der Waals surface area contributed by atoms with E-state index < -0.39 is 0 Å². The molecule has 0 aromatic heterocycles. The minimum absolute atomic E-state index is 0.106. The molecule has 3 heteroatoms. The van der Waals surface area contributed by atoms with E-state index in [0.29, 0.717) is 17.3 Å². The largest absolute Gasteiger partial charge is 0.380 e. The Morgan fingerprint density at radius 2 is 2.12 bits per heavy atom. The molecule has 1 aliphatic heterocycles. The molecule has 0 spiro atoms. The minimum Gasteiger partial charge on any atom is -0.380 e. The molecule has 1 aliphatic rings. The fourth-order valence-electron chi connectivity index (χ4n) is 2.36. The first kappa shape index (κ1) is 12.4. The van der Waals surface area contributed by atoms with Gasteiger partial charge in [-0.15, -0.1) is 0 Å². The van der Waals surface area contributed by atoms with E-state index in [1.807, 2.05) is 12.1 Å². The lowest BCUT2D eigenvalue weighted by Gasteiger charge is -2.19. The summed E-state index contributed by atoms with van der Waals surface area (Å²) in [6.07, 6.45) is 3.39. The lowest BCUT2D eigenvalue weighted by Crippen LogP contribution is -2.23. The molecule has 1 atom stereocenters.